The summed E-state index contributed by atoms with van der Waals surface area (Å²) in [5, 5.41) is 0.543. The molecule has 0 saturated carbocycles. The van der Waals surface area contributed by atoms with Crippen molar-refractivity contribution in [1.29, 1.82) is 0 Å². The van der Waals surface area contributed by atoms with Crippen molar-refractivity contribution in [2.75, 3.05) is 7.11 Å². The Bertz CT molecular complexity index is 795. The number of fused-ring (bicyclic) bond motifs is 1. The zero-order valence-corrected chi connectivity index (χ0v) is 10.6. The van der Waals surface area contributed by atoms with Crippen LogP contribution >= 0.6 is 0 Å². The number of furan rings is 1. The number of benzene rings is 1. The molecule has 20 heavy (non-hydrogen) atoms. The van der Waals surface area contributed by atoms with Gasteiger partial charge in [-0.05, 0) is 18.2 Å². The molecule has 0 radical (unpaired) electrons. The van der Waals surface area contributed by atoms with Crippen LogP contribution in [0.3, 0.4) is 0 Å². The summed E-state index contributed by atoms with van der Waals surface area (Å²) in [4.78, 5) is 16.3. The van der Waals surface area contributed by atoms with Crippen LogP contribution < -0.4 is 4.74 Å². The molecule has 2 aromatic heterocycles. The van der Waals surface area contributed by atoms with Crippen LogP contribution in [0.2, 0.25) is 0 Å². The number of pyridine rings is 1. The summed E-state index contributed by atoms with van der Waals surface area (Å²) in [6.07, 6.45) is 2.93. The number of hydrogen-bond donors (Lipinski definition) is 0. The topological polar surface area (TPSA) is 52.3 Å². The van der Waals surface area contributed by atoms with E-state index in [0.29, 0.717) is 16.7 Å². The monoisotopic (exact) mass is 271 g/mol. The van der Waals surface area contributed by atoms with E-state index in [2.05, 4.69) is 4.98 Å². The lowest BCUT2D eigenvalue weighted by Gasteiger charge is -2.04. The zero-order chi connectivity index (χ0) is 14.1. The Balaban J connectivity index is 2.11. The third-order valence-corrected chi connectivity index (χ3v) is 2.97. The van der Waals surface area contributed by atoms with E-state index in [1.807, 2.05) is 0 Å². The second kappa shape index (κ2) is 4.77. The summed E-state index contributed by atoms with van der Waals surface area (Å²) in [5.74, 6) is -0.462. The highest BCUT2D eigenvalue weighted by molar-refractivity contribution is 6.10. The number of halogens is 1. The van der Waals surface area contributed by atoms with Gasteiger partial charge in [-0.25, -0.2) is 4.39 Å². The van der Waals surface area contributed by atoms with Crippen LogP contribution in [0.4, 0.5) is 4.39 Å². The van der Waals surface area contributed by atoms with Gasteiger partial charge in [-0.15, -0.1) is 0 Å². The molecule has 0 aliphatic rings. The van der Waals surface area contributed by atoms with Crippen molar-refractivity contribution in [2.45, 2.75) is 0 Å². The number of rotatable bonds is 3. The van der Waals surface area contributed by atoms with Crippen molar-refractivity contribution < 1.29 is 18.3 Å². The standard InChI is InChI=1S/C15H10FNO3/c1-19-13-8-17-6-5-10(13)14(18)12-7-9-3-2-4-11(16)15(9)20-12/h2-8H,1H3. The average Bonchev–Trinajstić information content (AvgIpc) is 2.92. The number of carbonyl (C=O) groups is 1. The Hall–Kier alpha value is -2.69. The first-order valence-corrected chi connectivity index (χ1v) is 5.91. The van der Waals surface area contributed by atoms with Crippen molar-refractivity contribution in [1.82, 2.24) is 4.98 Å². The Labute approximate surface area is 113 Å². The van der Waals surface area contributed by atoms with Crippen LogP contribution in [0.25, 0.3) is 11.0 Å². The number of methoxy groups -OCH3 is 1. The molecule has 0 amide bonds. The number of aromatic nitrogens is 1. The molecule has 0 spiro atoms. The van der Waals surface area contributed by atoms with Crippen LogP contribution in [-0.4, -0.2) is 17.9 Å². The summed E-state index contributed by atoms with van der Waals surface area (Å²) in [6.45, 7) is 0. The summed E-state index contributed by atoms with van der Waals surface area (Å²) in [5.41, 5.74) is 0.394. The van der Waals surface area contributed by atoms with Crippen LogP contribution in [0, 0.1) is 5.82 Å². The molecule has 1 aromatic carbocycles. The quantitative estimate of drug-likeness (QED) is 0.686. The predicted molar refractivity (Wildman–Crippen MR) is 70.4 cm³/mol. The van der Waals surface area contributed by atoms with Crippen LogP contribution in [0.5, 0.6) is 5.75 Å². The van der Waals surface area contributed by atoms with Crippen molar-refractivity contribution in [3.05, 3.63) is 59.9 Å². The summed E-state index contributed by atoms with van der Waals surface area (Å²) < 4.78 is 24.0. The molecular formula is C15H10FNO3. The van der Waals surface area contributed by atoms with Gasteiger partial charge in [0.2, 0.25) is 5.78 Å². The van der Waals surface area contributed by atoms with E-state index in [4.69, 9.17) is 9.15 Å². The van der Waals surface area contributed by atoms with E-state index in [-0.39, 0.29) is 17.1 Å². The van der Waals surface area contributed by atoms with Gasteiger partial charge in [-0.3, -0.25) is 9.78 Å². The lowest BCUT2D eigenvalue weighted by molar-refractivity contribution is 0.101. The molecule has 0 aliphatic carbocycles. The number of para-hydroxylation sites is 1. The Morgan fingerprint density at radius 1 is 1.35 bits per heavy atom. The van der Waals surface area contributed by atoms with Crippen molar-refractivity contribution in [3.8, 4) is 5.75 Å². The Morgan fingerprint density at radius 3 is 2.95 bits per heavy atom. The molecule has 2 heterocycles. The average molecular weight is 271 g/mol. The molecule has 3 rings (SSSR count). The van der Waals surface area contributed by atoms with Gasteiger partial charge in [-0.2, -0.15) is 0 Å². The van der Waals surface area contributed by atoms with Crippen LogP contribution in [-0.2, 0) is 0 Å². The fourth-order valence-electron chi connectivity index (χ4n) is 2.00. The largest absolute Gasteiger partial charge is 0.494 e. The maximum Gasteiger partial charge on any atom is 0.232 e. The highest BCUT2D eigenvalue weighted by atomic mass is 19.1. The summed E-state index contributed by atoms with van der Waals surface area (Å²) in [7, 11) is 1.45. The van der Waals surface area contributed by atoms with Gasteiger partial charge in [-0.1, -0.05) is 12.1 Å². The van der Waals surface area contributed by atoms with E-state index >= 15 is 0 Å². The molecule has 0 saturated heterocycles. The van der Waals surface area contributed by atoms with Gasteiger partial charge in [0.25, 0.3) is 0 Å². The van der Waals surface area contributed by atoms with E-state index in [9.17, 15) is 9.18 Å². The van der Waals surface area contributed by atoms with E-state index in [1.165, 1.54) is 37.7 Å². The second-order valence-corrected chi connectivity index (χ2v) is 4.17. The molecule has 0 bridgehead atoms. The Morgan fingerprint density at radius 2 is 2.20 bits per heavy atom. The van der Waals surface area contributed by atoms with Crippen LogP contribution in [0.1, 0.15) is 16.1 Å². The lowest BCUT2D eigenvalue weighted by Crippen LogP contribution is -2.03. The fraction of sp³-hybridized carbons (Fsp3) is 0.0667. The molecule has 0 atom stereocenters. The van der Waals surface area contributed by atoms with Gasteiger partial charge in [0.05, 0.1) is 18.9 Å². The lowest BCUT2D eigenvalue weighted by atomic mass is 10.1. The van der Waals surface area contributed by atoms with Crippen molar-refractivity contribution in [3.63, 3.8) is 0 Å². The summed E-state index contributed by atoms with van der Waals surface area (Å²) >= 11 is 0. The second-order valence-electron chi connectivity index (χ2n) is 4.17. The van der Waals surface area contributed by atoms with E-state index < -0.39 is 5.82 Å². The van der Waals surface area contributed by atoms with Crippen LogP contribution in [0.15, 0.2) is 47.1 Å². The number of carbonyl (C=O) groups excluding carboxylic acids is 1. The third-order valence-electron chi connectivity index (χ3n) is 2.97. The minimum absolute atomic E-state index is 0.0644. The van der Waals surface area contributed by atoms with Gasteiger partial charge < -0.3 is 9.15 Å². The molecule has 0 fully saturated rings. The maximum atomic E-state index is 13.6. The molecular weight excluding hydrogens is 261 g/mol. The first kappa shape index (κ1) is 12.3. The molecule has 3 aromatic rings. The number of ketones is 1. The molecule has 5 heteroatoms. The van der Waals surface area contributed by atoms with Gasteiger partial charge >= 0.3 is 0 Å². The van der Waals surface area contributed by atoms with Crippen molar-refractivity contribution in [2.24, 2.45) is 0 Å². The number of hydrogen-bond acceptors (Lipinski definition) is 4. The summed E-state index contributed by atoms with van der Waals surface area (Å²) in [6, 6.07) is 7.58. The third kappa shape index (κ3) is 1.93. The molecule has 0 aliphatic heterocycles. The minimum atomic E-state index is -0.497. The van der Waals surface area contributed by atoms with E-state index in [1.54, 1.807) is 12.1 Å². The zero-order valence-electron chi connectivity index (χ0n) is 10.6. The van der Waals surface area contributed by atoms with E-state index in [0.717, 1.165) is 0 Å². The maximum absolute atomic E-state index is 13.6. The fourth-order valence-corrected chi connectivity index (χ4v) is 2.00. The predicted octanol–water partition coefficient (Wildman–Crippen LogP) is 3.21. The molecule has 4 nitrogen and oxygen atoms in total. The first-order chi connectivity index (χ1) is 9.70. The number of ether oxygens (including phenoxy) is 1. The van der Waals surface area contributed by atoms with Crippen molar-refractivity contribution >= 4 is 16.8 Å². The first-order valence-electron chi connectivity index (χ1n) is 5.91. The minimum Gasteiger partial charge on any atom is -0.494 e. The molecule has 0 N–H and O–H groups in total. The highest BCUT2D eigenvalue weighted by Crippen LogP contribution is 2.26. The normalized spacial score (nSPS) is 10.7. The SMILES string of the molecule is COc1cnccc1C(=O)c1cc2cccc(F)c2o1. The van der Waals surface area contributed by atoms with Gasteiger partial charge in [0.15, 0.2) is 17.2 Å². The van der Waals surface area contributed by atoms with Gasteiger partial charge in [0, 0.05) is 11.6 Å². The highest BCUT2D eigenvalue weighted by Gasteiger charge is 2.19. The Kier molecular flexibility index (Phi) is 2.95. The molecule has 0 unspecified atom stereocenters. The number of nitrogens with zero attached hydrogens (tertiary/aromatic N) is 1. The molecule has 100 valence electrons. The smallest absolute Gasteiger partial charge is 0.232 e. The van der Waals surface area contributed by atoms with Gasteiger partial charge in [0.1, 0.15) is 5.75 Å².